The summed E-state index contributed by atoms with van der Waals surface area (Å²) >= 11 is 11.8. The fourth-order valence-corrected chi connectivity index (χ4v) is 1.77. The van der Waals surface area contributed by atoms with Crippen molar-refractivity contribution in [2.24, 2.45) is 0 Å². The molecule has 0 aromatic heterocycles. The standard InChI is InChI=1S/C11H8Cl2/c12-7-8-4-5-9-2-1-3-11(13)10(9)6-8/h1-6H,7H2. The molecule has 0 aliphatic rings. The lowest BCUT2D eigenvalue weighted by Gasteiger charge is -2.01. The van der Waals surface area contributed by atoms with Crippen molar-refractivity contribution in [1.29, 1.82) is 0 Å². The third-order valence-electron chi connectivity index (χ3n) is 2.05. The summed E-state index contributed by atoms with van der Waals surface area (Å²) in [5, 5.41) is 3.01. The second kappa shape index (κ2) is 3.57. The molecule has 0 nitrogen and oxygen atoms in total. The summed E-state index contributed by atoms with van der Waals surface area (Å²) in [7, 11) is 0. The van der Waals surface area contributed by atoms with Gasteiger partial charge in [-0.3, -0.25) is 0 Å². The van der Waals surface area contributed by atoms with Crippen LogP contribution in [-0.2, 0) is 5.88 Å². The van der Waals surface area contributed by atoms with Crippen LogP contribution < -0.4 is 0 Å². The normalized spacial score (nSPS) is 10.6. The van der Waals surface area contributed by atoms with Gasteiger partial charge in [0.2, 0.25) is 0 Å². The predicted molar refractivity (Wildman–Crippen MR) is 58.5 cm³/mol. The fraction of sp³-hybridized carbons (Fsp3) is 0.0909. The minimum absolute atomic E-state index is 0.529. The molecule has 0 aliphatic carbocycles. The highest BCUT2D eigenvalue weighted by Crippen LogP contribution is 2.24. The zero-order chi connectivity index (χ0) is 9.26. The van der Waals surface area contributed by atoms with E-state index in [-0.39, 0.29) is 0 Å². The Labute approximate surface area is 87.1 Å². The predicted octanol–water partition coefficient (Wildman–Crippen LogP) is 4.23. The smallest absolute Gasteiger partial charge is 0.0484 e. The Morgan fingerprint density at radius 3 is 2.69 bits per heavy atom. The van der Waals surface area contributed by atoms with Gasteiger partial charge in [0, 0.05) is 16.3 Å². The Morgan fingerprint density at radius 2 is 1.92 bits per heavy atom. The van der Waals surface area contributed by atoms with Gasteiger partial charge in [-0.05, 0) is 23.1 Å². The van der Waals surface area contributed by atoms with Crippen molar-refractivity contribution in [2.45, 2.75) is 5.88 Å². The molecule has 2 rings (SSSR count). The molecule has 0 bridgehead atoms. The molecular weight excluding hydrogens is 203 g/mol. The van der Waals surface area contributed by atoms with Gasteiger partial charge < -0.3 is 0 Å². The second-order valence-corrected chi connectivity index (χ2v) is 3.60. The summed E-state index contributed by atoms with van der Waals surface area (Å²) in [4.78, 5) is 0. The third kappa shape index (κ3) is 1.65. The zero-order valence-electron chi connectivity index (χ0n) is 6.93. The lowest BCUT2D eigenvalue weighted by Crippen LogP contribution is -1.79. The van der Waals surface area contributed by atoms with E-state index < -0.39 is 0 Å². The first-order valence-electron chi connectivity index (χ1n) is 4.04. The first kappa shape index (κ1) is 8.86. The average Bonchev–Trinajstić information content (AvgIpc) is 2.18. The largest absolute Gasteiger partial charge is 0.122 e. The first-order valence-corrected chi connectivity index (χ1v) is 4.95. The molecule has 0 aliphatic heterocycles. The van der Waals surface area contributed by atoms with Crippen LogP contribution in [0.1, 0.15) is 5.56 Å². The van der Waals surface area contributed by atoms with Gasteiger partial charge in [-0.2, -0.15) is 0 Å². The molecule has 0 amide bonds. The van der Waals surface area contributed by atoms with E-state index in [2.05, 4.69) is 0 Å². The van der Waals surface area contributed by atoms with Gasteiger partial charge in [-0.1, -0.05) is 35.9 Å². The highest BCUT2D eigenvalue weighted by molar-refractivity contribution is 6.35. The van der Waals surface area contributed by atoms with E-state index in [1.54, 1.807) is 0 Å². The van der Waals surface area contributed by atoms with Crippen molar-refractivity contribution in [1.82, 2.24) is 0 Å². The summed E-state index contributed by atoms with van der Waals surface area (Å²) in [6.45, 7) is 0. The van der Waals surface area contributed by atoms with E-state index >= 15 is 0 Å². The van der Waals surface area contributed by atoms with Crippen LogP contribution in [0.2, 0.25) is 5.02 Å². The highest BCUT2D eigenvalue weighted by atomic mass is 35.5. The van der Waals surface area contributed by atoms with Gasteiger partial charge >= 0.3 is 0 Å². The Morgan fingerprint density at radius 1 is 1.08 bits per heavy atom. The molecule has 13 heavy (non-hydrogen) atoms. The van der Waals surface area contributed by atoms with Crippen LogP contribution in [0.5, 0.6) is 0 Å². The average molecular weight is 211 g/mol. The maximum absolute atomic E-state index is 6.04. The molecule has 0 radical (unpaired) electrons. The van der Waals surface area contributed by atoms with E-state index in [9.17, 15) is 0 Å². The molecule has 0 fully saturated rings. The molecule has 2 aromatic rings. The molecule has 0 spiro atoms. The second-order valence-electron chi connectivity index (χ2n) is 2.93. The zero-order valence-corrected chi connectivity index (χ0v) is 8.44. The van der Waals surface area contributed by atoms with Gasteiger partial charge in [-0.25, -0.2) is 0 Å². The quantitative estimate of drug-likeness (QED) is 0.619. The van der Waals surface area contributed by atoms with Crippen LogP contribution in [0.25, 0.3) is 10.8 Å². The number of alkyl halides is 1. The highest BCUT2D eigenvalue weighted by Gasteiger charge is 1.98. The van der Waals surface area contributed by atoms with Crippen molar-refractivity contribution in [2.75, 3.05) is 0 Å². The number of fused-ring (bicyclic) bond motifs is 1. The Hall–Kier alpha value is -0.720. The van der Waals surface area contributed by atoms with Crippen molar-refractivity contribution in [3.05, 3.63) is 47.0 Å². The van der Waals surface area contributed by atoms with Gasteiger partial charge in [0.05, 0.1) is 0 Å². The van der Waals surface area contributed by atoms with E-state index in [0.717, 1.165) is 21.4 Å². The number of rotatable bonds is 1. The monoisotopic (exact) mass is 210 g/mol. The van der Waals surface area contributed by atoms with Crippen molar-refractivity contribution in [3.8, 4) is 0 Å². The molecule has 0 unspecified atom stereocenters. The summed E-state index contributed by atoms with van der Waals surface area (Å²) in [5.41, 5.74) is 1.10. The van der Waals surface area contributed by atoms with Crippen LogP contribution in [-0.4, -0.2) is 0 Å². The molecule has 0 saturated heterocycles. The maximum atomic E-state index is 6.04. The summed E-state index contributed by atoms with van der Waals surface area (Å²) < 4.78 is 0. The van der Waals surface area contributed by atoms with Crippen LogP contribution >= 0.6 is 23.2 Å². The summed E-state index contributed by atoms with van der Waals surface area (Å²) in [5.74, 6) is 0.529. The van der Waals surface area contributed by atoms with Crippen LogP contribution in [0.4, 0.5) is 0 Å². The number of hydrogen-bond donors (Lipinski definition) is 0. The minimum atomic E-state index is 0.529. The number of halogens is 2. The Kier molecular flexibility index (Phi) is 2.43. The molecule has 0 N–H and O–H groups in total. The van der Waals surface area contributed by atoms with Crippen LogP contribution in [0.15, 0.2) is 36.4 Å². The van der Waals surface area contributed by atoms with E-state index in [1.165, 1.54) is 0 Å². The SMILES string of the molecule is ClCc1ccc2cccc(Cl)c2c1. The lowest BCUT2D eigenvalue weighted by molar-refractivity contribution is 1.43. The fourth-order valence-electron chi connectivity index (χ4n) is 1.36. The summed E-state index contributed by atoms with van der Waals surface area (Å²) in [6.07, 6.45) is 0. The van der Waals surface area contributed by atoms with Crippen molar-refractivity contribution in [3.63, 3.8) is 0 Å². The Balaban J connectivity index is 2.74. The molecule has 2 heteroatoms. The summed E-state index contributed by atoms with van der Waals surface area (Å²) in [6, 6.07) is 12.0. The molecule has 0 heterocycles. The molecule has 0 saturated carbocycles. The number of benzene rings is 2. The minimum Gasteiger partial charge on any atom is -0.122 e. The van der Waals surface area contributed by atoms with E-state index in [0.29, 0.717) is 5.88 Å². The topological polar surface area (TPSA) is 0 Å². The van der Waals surface area contributed by atoms with Gasteiger partial charge in [0.15, 0.2) is 0 Å². The van der Waals surface area contributed by atoms with Gasteiger partial charge in [-0.15, -0.1) is 11.6 Å². The van der Waals surface area contributed by atoms with Gasteiger partial charge in [0.1, 0.15) is 0 Å². The molecule has 66 valence electrons. The molecule has 0 atom stereocenters. The third-order valence-corrected chi connectivity index (χ3v) is 2.69. The van der Waals surface area contributed by atoms with E-state index in [1.807, 2.05) is 36.4 Å². The molecular formula is C11H8Cl2. The lowest BCUT2D eigenvalue weighted by atomic mass is 10.1. The van der Waals surface area contributed by atoms with Gasteiger partial charge in [0.25, 0.3) is 0 Å². The Bertz CT molecular complexity index is 435. The van der Waals surface area contributed by atoms with Crippen LogP contribution in [0.3, 0.4) is 0 Å². The number of hydrogen-bond acceptors (Lipinski definition) is 0. The van der Waals surface area contributed by atoms with Crippen molar-refractivity contribution >= 4 is 34.0 Å². The maximum Gasteiger partial charge on any atom is 0.0484 e. The molecule has 2 aromatic carbocycles. The van der Waals surface area contributed by atoms with E-state index in [4.69, 9.17) is 23.2 Å². The van der Waals surface area contributed by atoms with Crippen molar-refractivity contribution < 1.29 is 0 Å². The first-order chi connectivity index (χ1) is 6.31. The van der Waals surface area contributed by atoms with Crippen LogP contribution in [0, 0.1) is 0 Å².